The van der Waals surface area contributed by atoms with Crippen molar-refractivity contribution in [2.45, 2.75) is 0 Å². The normalized spacial score (nSPS) is 10.9. The van der Waals surface area contributed by atoms with E-state index in [1.54, 1.807) is 35.4 Å². The standard InChI is InChI=1S/C16H11N5O/c22-16(14-15-18-6-8-21(15)7-5-17-14)20-12-9-11-3-1-2-4-13(11)19-10-12/h1-10H,(H,20,22). The SMILES string of the molecule is O=C(Nc1cnc2ccccc2c1)c1nccn2ccnc12. The van der Waals surface area contributed by atoms with Gasteiger partial charge in [0.1, 0.15) is 0 Å². The summed E-state index contributed by atoms with van der Waals surface area (Å²) in [5.74, 6) is -0.311. The number of hydrogen-bond acceptors (Lipinski definition) is 4. The van der Waals surface area contributed by atoms with E-state index in [0.717, 1.165) is 10.9 Å². The Bertz CT molecular complexity index is 992. The van der Waals surface area contributed by atoms with Crippen molar-refractivity contribution in [1.29, 1.82) is 0 Å². The molecule has 0 spiro atoms. The minimum Gasteiger partial charge on any atom is -0.319 e. The van der Waals surface area contributed by atoms with Crippen LogP contribution in [0.15, 0.2) is 61.3 Å². The molecule has 4 aromatic rings. The van der Waals surface area contributed by atoms with Crippen molar-refractivity contribution >= 4 is 28.1 Å². The van der Waals surface area contributed by atoms with Crippen molar-refractivity contribution in [3.63, 3.8) is 0 Å². The van der Waals surface area contributed by atoms with Gasteiger partial charge in [0, 0.05) is 30.2 Å². The zero-order valence-corrected chi connectivity index (χ0v) is 11.5. The summed E-state index contributed by atoms with van der Waals surface area (Å²) in [6.07, 6.45) is 8.35. The van der Waals surface area contributed by atoms with Gasteiger partial charge in [-0.1, -0.05) is 18.2 Å². The number of aromatic nitrogens is 4. The predicted molar refractivity (Wildman–Crippen MR) is 82.7 cm³/mol. The Hall–Kier alpha value is -3.28. The second-order valence-corrected chi connectivity index (χ2v) is 4.80. The number of hydrogen-bond donors (Lipinski definition) is 1. The van der Waals surface area contributed by atoms with Gasteiger partial charge in [0.15, 0.2) is 11.3 Å². The van der Waals surface area contributed by atoms with Crippen LogP contribution in [-0.4, -0.2) is 25.3 Å². The summed E-state index contributed by atoms with van der Waals surface area (Å²) in [6.45, 7) is 0. The van der Waals surface area contributed by atoms with Crippen LogP contribution in [0.1, 0.15) is 10.5 Å². The molecule has 3 aromatic heterocycles. The molecule has 0 saturated carbocycles. The lowest BCUT2D eigenvalue weighted by Crippen LogP contribution is -2.15. The summed E-state index contributed by atoms with van der Waals surface area (Å²) in [6, 6.07) is 9.62. The van der Waals surface area contributed by atoms with Crippen LogP contribution in [0, 0.1) is 0 Å². The maximum Gasteiger partial charge on any atom is 0.278 e. The van der Waals surface area contributed by atoms with Crippen molar-refractivity contribution < 1.29 is 4.79 Å². The fourth-order valence-corrected chi connectivity index (χ4v) is 2.34. The van der Waals surface area contributed by atoms with E-state index in [1.165, 1.54) is 0 Å². The van der Waals surface area contributed by atoms with Crippen LogP contribution >= 0.6 is 0 Å². The fourth-order valence-electron chi connectivity index (χ4n) is 2.34. The minimum atomic E-state index is -0.311. The first-order valence-corrected chi connectivity index (χ1v) is 6.75. The molecule has 1 amide bonds. The molecule has 0 atom stereocenters. The van der Waals surface area contributed by atoms with Gasteiger partial charge < -0.3 is 9.72 Å². The van der Waals surface area contributed by atoms with Crippen molar-refractivity contribution in [3.05, 3.63) is 67.0 Å². The Labute approximate surface area is 125 Å². The zero-order valence-electron chi connectivity index (χ0n) is 11.5. The highest BCUT2D eigenvalue weighted by Crippen LogP contribution is 2.17. The van der Waals surface area contributed by atoms with Crippen molar-refractivity contribution in [1.82, 2.24) is 19.4 Å². The van der Waals surface area contributed by atoms with Gasteiger partial charge in [-0.3, -0.25) is 9.78 Å². The number of nitrogens with zero attached hydrogens (tertiary/aromatic N) is 4. The Morgan fingerprint density at radius 1 is 1.05 bits per heavy atom. The molecule has 106 valence electrons. The molecule has 6 heteroatoms. The van der Waals surface area contributed by atoms with Crippen LogP contribution in [0.3, 0.4) is 0 Å². The summed E-state index contributed by atoms with van der Waals surface area (Å²) in [5, 5.41) is 3.78. The first kappa shape index (κ1) is 12.5. The van der Waals surface area contributed by atoms with Crippen LogP contribution in [0.4, 0.5) is 5.69 Å². The third-order valence-corrected chi connectivity index (χ3v) is 3.37. The molecule has 0 aliphatic carbocycles. The molecule has 6 nitrogen and oxygen atoms in total. The van der Waals surface area contributed by atoms with E-state index >= 15 is 0 Å². The van der Waals surface area contributed by atoms with E-state index in [4.69, 9.17) is 0 Å². The summed E-state index contributed by atoms with van der Waals surface area (Å²) >= 11 is 0. The number of para-hydroxylation sites is 1. The lowest BCUT2D eigenvalue weighted by atomic mass is 10.2. The number of imidazole rings is 1. The van der Waals surface area contributed by atoms with Gasteiger partial charge in [-0.15, -0.1) is 0 Å². The largest absolute Gasteiger partial charge is 0.319 e. The molecular formula is C16H11N5O. The Balaban J connectivity index is 1.69. The van der Waals surface area contributed by atoms with Gasteiger partial charge in [0.25, 0.3) is 5.91 Å². The quantitative estimate of drug-likeness (QED) is 0.615. The smallest absolute Gasteiger partial charge is 0.278 e. The molecule has 1 N–H and O–H groups in total. The first-order chi connectivity index (χ1) is 10.8. The van der Waals surface area contributed by atoms with Gasteiger partial charge in [-0.25, -0.2) is 9.97 Å². The van der Waals surface area contributed by atoms with Crippen LogP contribution in [0.2, 0.25) is 0 Å². The van der Waals surface area contributed by atoms with Crippen molar-refractivity contribution in [2.24, 2.45) is 0 Å². The highest BCUT2D eigenvalue weighted by Gasteiger charge is 2.13. The molecular weight excluding hydrogens is 278 g/mol. The van der Waals surface area contributed by atoms with Gasteiger partial charge >= 0.3 is 0 Å². The topological polar surface area (TPSA) is 72.2 Å². The Kier molecular flexibility index (Phi) is 2.79. The number of rotatable bonds is 2. The molecule has 0 aliphatic rings. The van der Waals surface area contributed by atoms with Gasteiger partial charge in [-0.2, -0.15) is 0 Å². The lowest BCUT2D eigenvalue weighted by molar-refractivity contribution is 0.102. The average molecular weight is 289 g/mol. The summed E-state index contributed by atoms with van der Waals surface area (Å²) in [5.41, 5.74) is 2.31. The van der Waals surface area contributed by atoms with Crippen molar-refractivity contribution in [2.75, 3.05) is 5.32 Å². The number of nitrogens with one attached hydrogen (secondary N) is 1. The third-order valence-electron chi connectivity index (χ3n) is 3.37. The maximum atomic E-state index is 12.4. The predicted octanol–water partition coefficient (Wildman–Crippen LogP) is 2.53. The van der Waals surface area contributed by atoms with E-state index < -0.39 is 0 Å². The van der Waals surface area contributed by atoms with Crippen LogP contribution < -0.4 is 5.32 Å². The highest BCUT2D eigenvalue weighted by atomic mass is 16.1. The second kappa shape index (κ2) is 4.92. The van der Waals surface area contributed by atoms with E-state index in [1.807, 2.05) is 30.3 Å². The lowest BCUT2D eigenvalue weighted by Gasteiger charge is -2.06. The Morgan fingerprint density at radius 2 is 1.86 bits per heavy atom. The molecule has 3 heterocycles. The number of anilines is 1. The summed E-state index contributed by atoms with van der Waals surface area (Å²) in [4.78, 5) is 25.0. The summed E-state index contributed by atoms with van der Waals surface area (Å²) in [7, 11) is 0. The number of fused-ring (bicyclic) bond motifs is 2. The molecule has 0 bridgehead atoms. The maximum absolute atomic E-state index is 12.4. The first-order valence-electron chi connectivity index (χ1n) is 6.75. The van der Waals surface area contributed by atoms with E-state index in [9.17, 15) is 4.79 Å². The molecule has 22 heavy (non-hydrogen) atoms. The molecule has 0 unspecified atom stereocenters. The van der Waals surface area contributed by atoms with Crippen LogP contribution in [-0.2, 0) is 0 Å². The van der Waals surface area contributed by atoms with Crippen LogP contribution in [0.5, 0.6) is 0 Å². The number of carbonyl (C=O) groups is 1. The Morgan fingerprint density at radius 3 is 2.77 bits per heavy atom. The minimum absolute atomic E-state index is 0.278. The molecule has 0 radical (unpaired) electrons. The molecule has 0 fully saturated rings. The number of amides is 1. The molecule has 1 aromatic carbocycles. The fraction of sp³-hybridized carbons (Fsp3) is 0. The van der Waals surface area contributed by atoms with Gasteiger partial charge in [0.2, 0.25) is 0 Å². The molecule has 0 saturated heterocycles. The van der Waals surface area contributed by atoms with Crippen molar-refractivity contribution in [3.8, 4) is 0 Å². The van der Waals surface area contributed by atoms with Gasteiger partial charge in [0.05, 0.1) is 17.4 Å². The monoisotopic (exact) mass is 289 g/mol. The number of carbonyl (C=O) groups excluding carboxylic acids is 1. The average Bonchev–Trinajstić information content (AvgIpc) is 3.03. The zero-order chi connectivity index (χ0) is 14.9. The summed E-state index contributed by atoms with van der Waals surface area (Å²) < 4.78 is 1.75. The number of pyridine rings is 1. The highest BCUT2D eigenvalue weighted by molar-refractivity contribution is 6.07. The van der Waals surface area contributed by atoms with Crippen LogP contribution in [0.25, 0.3) is 16.6 Å². The van der Waals surface area contributed by atoms with E-state index in [2.05, 4.69) is 20.3 Å². The molecule has 4 rings (SSSR count). The second-order valence-electron chi connectivity index (χ2n) is 4.80. The molecule has 0 aliphatic heterocycles. The number of benzene rings is 1. The van der Waals surface area contributed by atoms with Gasteiger partial charge in [-0.05, 0) is 12.1 Å². The third kappa shape index (κ3) is 2.07. The van der Waals surface area contributed by atoms with E-state index in [-0.39, 0.29) is 11.6 Å². The van der Waals surface area contributed by atoms with E-state index in [0.29, 0.717) is 11.3 Å².